The SMILES string of the molecule is C#CC(O)[C@H](O)CO. The van der Waals surface area contributed by atoms with E-state index >= 15 is 0 Å². The zero-order valence-corrected chi connectivity index (χ0v) is 4.28. The average Bonchev–Trinajstić information content (AvgIpc) is 1.84. The lowest BCUT2D eigenvalue weighted by Crippen LogP contribution is -2.27. The number of terminal acetylenes is 1. The van der Waals surface area contributed by atoms with Crippen molar-refractivity contribution in [2.75, 3.05) is 6.61 Å². The van der Waals surface area contributed by atoms with Crippen molar-refractivity contribution in [3.63, 3.8) is 0 Å². The monoisotopic (exact) mass is 116 g/mol. The molecule has 0 saturated heterocycles. The first-order chi connectivity index (χ1) is 3.72. The first kappa shape index (κ1) is 7.44. The first-order valence-electron chi connectivity index (χ1n) is 2.15. The van der Waals surface area contributed by atoms with Gasteiger partial charge < -0.3 is 15.3 Å². The van der Waals surface area contributed by atoms with Crippen LogP contribution in [0.2, 0.25) is 0 Å². The fraction of sp³-hybridized carbons (Fsp3) is 0.600. The van der Waals surface area contributed by atoms with Crippen LogP contribution < -0.4 is 0 Å². The van der Waals surface area contributed by atoms with Gasteiger partial charge in [-0.05, 0) is 0 Å². The molecular weight excluding hydrogens is 108 g/mol. The number of hydrogen-bond donors (Lipinski definition) is 3. The second-order valence-corrected chi connectivity index (χ2v) is 1.36. The van der Waals surface area contributed by atoms with Crippen molar-refractivity contribution >= 4 is 0 Å². The minimum atomic E-state index is -1.25. The molecule has 0 aromatic heterocycles. The van der Waals surface area contributed by atoms with Gasteiger partial charge in [0, 0.05) is 0 Å². The molecule has 0 saturated carbocycles. The molecule has 0 aromatic carbocycles. The van der Waals surface area contributed by atoms with Crippen molar-refractivity contribution in [1.82, 2.24) is 0 Å². The van der Waals surface area contributed by atoms with Crippen LogP contribution in [-0.2, 0) is 0 Å². The van der Waals surface area contributed by atoms with Crippen LogP contribution in [0.25, 0.3) is 0 Å². The molecule has 0 aromatic rings. The van der Waals surface area contributed by atoms with Gasteiger partial charge in [-0.1, -0.05) is 5.92 Å². The molecule has 0 radical (unpaired) electrons. The minimum absolute atomic E-state index is 0.509. The molecule has 0 bridgehead atoms. The predicted molar refractivity (Wildman–Crippen MR) is 27.9 cm³/mol. The normalized spacial score (nSPS) is 16.8. The van der Waals surface area contributed by atoms with Gasteiger partial charge >= 0.3 is 0 Å². The number of hydrogen-bond acceptors (Lipinski definition) is 3. The third kappa shape index (κ3) is 1.94. The third-order valence-electron chi connectivity index (χ3n) is 0.722. The Morgan fingerprint density at radius 1 is 1.50 bits per heavy atom. The van der Waals surface area contributed by atoms with E-state index in [1.165, 1.54) is 0 Å². The van der Waals surface area contributed by atoms with Crippen molar-refractivity contribution in [2.45, 2.75) is 12.2 Å². The highest BCUT2D eigenvalue weighted by Gasteiger charge is 2.09. The van der Waals surface area contributed by atoms with Crippen LogP contribution in [0.5, 0.6) is 0 Å². The molecule has 0 heterocycles. The van der Waals surface area contributed by atoms with E-state index in [-0.39, 0.29) is 0 Å². The maximum absolute atomic E-state index is 8.48. The molecule has 2 atom stereocenters. The molecule has 0 aliphatic rings. The quantitative estimate of drug-likeness (QED) is 0.378. The van der Waals surface area contributed by atoms with Gasteiger partial charge in [0.2, 0.25) is 0 Å². The topological polar surface area (TPSA) is 60.7 Å². The average molecular weight is 116 g/mol. The van der Waals surface area contributed by atoms with Crippen molar-refractivity contribution in [3.05, 3.63) is 0 Å². The summed E-state index contributed by atoms with van der Waals surface area (Å²) in [4.78, 5) is 0. The lowest BCUT2D eigenvalue weighted by atomic mass is 10.2. The molecule has 0 amide bonds. The van der Waals surface area contributed by atoms with Gasteiger partial charge in [-0.3, -0.25) is 0 Å². The van der Waals surface area contributed by atoms with E-state index in [1.54, 1.807) is 0 Å². The van der Waals surface area contributed by atoms with Gasteiger partial charge in [0.15, 0.2) is 0 Å². The second kappa shape index (κ2) is 3.44. The maximum Gasteiger partial charge on any atom is 0.142 e. The smallest absolute Gasteiger partial charge is 0.142 e. The van der Waals surface area contributed by atoms with Crippen molar-refractivity contribution in [1.29, 1.82) is 0 Å². The van der Waals surface area contributed by atoms with Gasteiger partial charge in [-0.25, -0.2) is 0 Å². The highest BCUT2D eigenvalue weighted by atomic mass is 16.4. The van der Waals surface area contributed by atoms with Crippen molar-refractivity contribution in [2.24, 2.45) is 0 Å². The lowest BCUT2D eigenvalue weighted by molar-refractivity contribution is 0.0139. The fourth-order valence-electron chi connectivity index (χ4n) is 0.211. The molecule has 1 unspecified atom stereocenters. The van der Waals surface area contributed by atoms with Crippen LogP contribution >= 0.6 is 0 Å². The Bertz CT molecular complexity index is 94.3. The largest absolute Gasteiger partial charge is 0.394 e. The Labute approximate surface area is 47.6 Å². The van der Waals surface area contributed by atoms with E-state index in [1.807, 2.05) is 5.92 Å². The van der Waals surface area contributed by atoms with Gasteiger partial charge in [-0.2, -0.15) is 0 Å². The van der Waals surface area contributed by atoms with Crippen molar-refractivity contribution in [3.8, 4) is 12.3 Å². The van der Waals surface area contributed by atoms with Crippen LogP contribution in [0.3, 0.4) is 0 Å². The molecule has 0 aliphatic heterocycles. The number of aliphatic hydroxyl groups is 3. The van der Waals surface area contributed by atoms with E-state index in [0.29, 0.717) is 0 Å². The summed E-state index contributed by atoms with van der Waals surface area (Å²) < 4.78 is 0. The molecule has 46 valence electrons. The van der Waals surface area contributed by atoms with Gasteiger partial charge in [0.1, 0.15) is 12.2 Å². The fourth-order valence-corrected chi connectivity index (χ4v) is 0.211. The van der Waals surface area contributed by atoms with E-state index in [0.717, 1.165) is 0 Å². The van der Waals surface area contributed by atoms with Crippen LogP contribution in [0, 0.1) is 12.3 Å². The van der Waals surface area contributed by atoms with Gasteiger partial charge in [0.05, 0.1) is 6.61 Å². The van der Waals surface area contributed by atoms with Gasteiger partial charge in [-0.15, -0.1) is 6.42 Å². The summed E-state index contributed by atoms with van der Waals surface area (Å²) in [7, 11) is 0. The van der Waals surface area contributed by atoms with E-state index in [4.69, 9.17) is 15.3 Å². The molecular formula is C5H8O3. The Morgan fingerprint density at radius 2 is 2.00 bits per heavy atom. The number of aliphatic hydroxyl groups excluding tert-OH is 3. The van der Waals surface area contributed by atoms with E-state index in [2.05, 4.69) is 6.42 Å². The van der Waals surface area contributed by atoms with Crippen molar-refractivity contribution < 1.29 is 15.3 Å². The number of rotatable bonds is 2. The third-order valence-corrected chi connectivity index (χ3v) is 0.722. The highest BCUT2D eigenvalue weighted by molar-refractivity contribution is 4.96. The van der Waals surface area contributed by atoms with Crippen LogP contribution in [-0.4, -0.2) is 34.1 Å². The zero-order chi connectivity index (χ0) is 6.57. The maximum atomic E-state index is 8.48. The summed E-state index contributed by atoms with van der Waals surface area (Å²) in [6.07, 6.45) is 2.22. The van der Waals surface area contributed by atoms with Crippen LogP contribution in [0.4, 0.5) is 0 Å². The molecule has 0 aliphatic carbocycles. The van der Waals surface area contributed by atoms with Crippen LogP contribution in [0.15, 0.2) is 0 Å². The van der Waals surface area contributed by atoms with Gasteiger partial charge in [0.25, 0.3) is 0 Å². The molecule has 0 fully saturated rings. The summed E-state index contributed by atoms with van der Waals surface area (Å²) in [6, 6.07) is 0. The zero-order valence-electron chi connectivity index (χ0n) is 4.28. The second-order valence-electron chi connectivity index (χ2n) is 1.36. The summed E-state index contributed by atoms with van der Waals surface area (Å²) in [5.74, 6) is 1.86. The Hall–Kier alpha value is -0.560. The Kier molecular flexibility index (Phi) is 3.20. The summed E-state index contributed by atoms with van der Waals surface area (Å²) in [6.45, 7) is -0.509. The highest BCUT2D eigenvalue weighted by Crippen LogP contribution is 1.87. The minimum Gasteiger partial charge on any atom is -0.394 e. The Balaban J connectivity index is 3.49. The van der Waals surface area contributed by atoms with E-state index in [9.17, 15) is 0 Å². The summed E-state index contributed by atoms with van der Waals surface area (Å²) >= 11 is 0. The first-order valence-corrected chi connectivity index (χ1v) is 2.15. The molecule has 3 N–H and O–H groups in total. The van der Waals surface area contributed by atoms with E-state index < -0.39 is 18.8 Å². The van der Waals surface area contributed by atoms with Crippen LogP contribution in [0.1, 0.15) is 0 Å². The standard InChI is InChI=1S/C5H8O3/c1-2-4(7)5(8)3-6/h1,4-8H,3H2/t4?,5-/m1/s1. The summed E-state index contributed by atoms with van der Waals surface area (Å²) in [5, 5.41) is 25.1. The molecule has 3 nitrogen and oxygen atoms in total. The molecule has 0 spiro atoms. The predicted octanol–water partition coefficient (Wildman–Crippen LogP) is -1.67. The molecule has 8 heavy (non-hydrogen) atoms. The Morgan fingerprint density at radius 3 is 2.12 bits per heavy atom. The lowest BCUT2D eigenvalue weighted by Gasteiger charge is -2.07. The molecule has 0 rings (SSSR count). The molecule has 3 heteroatoms. The summed E-state index contributed by atoms with van der Waals surface area (Å²) in [5.41, 5.74) is 0.